The number of esters is 2. The predicted molar refractivity (Wildman–Crippen MR) is 123 cm³/mol. The minimum Gasteiger partial charge on any atom is -0.457 e. The summed E-state index contributed by atoms with van der Waals surface area (Å²) in [5, 5.41) is 15.0. The van der Waals surface area contributed by atoms with E-state index >= 15 is 0 Å². The van der Waals surface area contributed by atoms with Gasteiger partial charge in [0, 0.05) is 31.0 Å². The first-order chi connectivity index (χ1) is 15.8. The van der Waals surface area contributed by atoms with Crippen molar-refractivity contribution in [3.05, 3.63) is 56.5 Å². The first kappa shape index (κ1) is 25.1. The van der Waals surface area contributed by atoms with Crippen LogP contribution in [-0.4, -0.2) is 35.6 Å². The van der Waals surface area contributed by atoms with E-state index in [1.807, 2.05) is 6.07 Å². The lowest BCUT2D eigenvalue weighted by Gasteiger charge is -2.07. The fourth-order valence-corrected chi connectivity index (χ4v) is 3.66. The summed E-state index contributed by atoms with van der Waals surface area (Å²) >= 11 is 0.977. The van der Waals surface area contributed by atoms with Crippen molar-refractivity contribution in [2.45, 2.75) is 20.4 Å². The van der Waals surface area contributed by atoms with Crippen molar-refractivity contribution in [1.82, 2.24) is 4.57 Å². The molecule has 1 heterocycles. The molecule has 0 saturated heterocycles. The van der Waals surface area contributed by atoms with E-state index in [2.05, 4.69) is 21.9 Å². The molecule has 0 radical (unpaired) electrons. The van der Waals surface area contributed by atoms with Gasteiger partial charge in [-0.3, -0.25) is 19.0 Å². The van der Waals surface area contributed by atoms with Crippen molar-refractivity contribution in [2.24, 2.45) is 0 Å². The summed E-state index contributed by atoms with van der Waals surface area (Å²) in [5.74, 6) is -1.89. The Hall–Kier alpha value is -4.17. The van der Waals surface area contributed by atoms with Gasteiger partial charge in [0.1, 0.15) is 21.9 Å². The van der Waals surface area contributed by atoms with E-state index in [0.29, 0.717) is 11.4 Å². The van der Waals surface area contributed by atoms with Crippen molar-refractivity contribution in [1.29, 1.82) is 5.26 Å². The summed E-state index contributed by atoms with van der Waals surface area (Å²) in [6.45, 7) is 6.18. The van der Waals surface area contributed by atoms with Crippen LogP contribution in [0.5, 0.6) is 0 Å². The molecule has 2 N–H and O–H groups in total. The SMILES string of the molecule is C=CCOC(=O)/C(C#N)=c1\s/c(=C/Nc2cccc(NC(=O)COC(C)=O)c2)c(=O)n1CC. The molecule has 172 valence electrons. The Morgan fingerprint density at radius 1 is 1.27 bits per heavy atom. The van der Waals surface area contributed by atoms with E-state index < -0.39 is 24.5 Å². The van der Waals surface area contributed by atoms with Crippen LogP contribution in [0.1, 0.15) is 13.8 Å². The Morgan fingerprint density at radius 3 is 2.64 bits per heavy atom. The van der Waals surface area contributed by atoms with Crippen LogP contribution in [0.4, 0.5) is 11.4 Å². The van der Waals surface area contributed by atoms with Crippen molar-refractivity contribution in [3.63, 3.8) is 0 Å². The fourth-order valence-electron chi connectivity index (χ4n) is 2.58. The normalized spacial score (nSPS) is 11.7. The van der Waals surface area contributed by atoms with Gasteiger partial charge in [-0.25, -0.2) is 4.79 Å². The van der Waals surface area contributed by atoms with Crippen LogP contribution in [0.15, 0.2) is 41.7 Å². The molecule has 0 saturated carbocycles. The number of thiazole rings is 1. The zero-order valence-electron chi connectivity index (χ0n) is 18.0. The number of ether oxygens (including phenoxy) is 2. The average molecular weight is 471 g/mol. The quantitative estimate of drug-likeness (QED) is 0.403. The lowest BCUT2D eigenvalue weighted by atomic mass is 10.2. The second-order valence-electron chi connectivity index (χ2n) is 6.39. The number of nitriles is 1. The molecule has 0 aliphatic carbocycles. The molecule has 33 heavy (non-hydrogen) atoms. The van der Waals surface area contributed by atoms with Crippen LogP contribution in [-0.2, 0) is 30.4 Å². The van der Waals surface area contributed by atoms with Gasteiger partial charge in [0.15, 0.2) is 12.2 Å². The van der Waals surface area contributed by atoms with Crippen molar-refractivity contribution in [3.8, 4) is 6.07 Å². The summed E-state index contributed by atoms with van der Waals surface area (Å²) in [6, 6.07) is 8.47. The summed E-state index contributed by atoms with van der Waals surface area (Å²) in [5.41, 5.74) is 0.374. The zero-order valence-corrected chi connectivity index (χ0v) is 18.9. The minimum atomic E-state index is -0.836. The van der Waals surface area contributed by atoms with Crippen LogP contribution < -0.4 is 25.4 Å². The van der Waals surface area contributed by atoms with E-state index in [0.717, 1.165) is 11.3 Å². The molecular formula is C22H22N4O6S. The van der Waals surface area contributed by atoms with Gasteiger partial charge in [-0.05, 0) is 25.1 Å². The molecule has 0 aliphatic heterocycles. The van der Waals surface area contributed by atoms with Crippen molar-refractivity contribution in [2.75, 3.05) is 23.8 Å². The number of hydrogen-bond acceptors (Lipinski definition) is 9. The van der Waals surface area contributed by atoms with E-state index in [1.54, 1.807) is 31.2 Å². The van der Waals surface area contributed by atoms with Crippen molar-refractivity contribution >= 4 is 52.3 Å². The number of nitrogens with one attached hydrogen (secondary N) is 2. The number of anilines is 2. The van der Waals surface area contributed by atoms with E-state index in [4.69, 9.17) is 4.74 Å². The summed E-state index contributed by atoms with van der Waals surface area (Å²) in [7, 11) is 0. The first-order valence-electron chi connectivity index (χ1n) is 9.72. The molecule has 0 fully saturated rings. The van der Waals surface area contributed by atoms with E-state index in [9.17, 15) is 24.4 Å². The third kappa shape index (κ3) is 6.91. The minimum absolute atomic E-state index is 0.0555. The molecular weight excluding hydrogens is 448 g/mol. The lowest BCUT2D eigenvalue weighted by Crippen LogP contribution is -2.32. The number of rotatable bonds is 9. The average Bonchev–Trinajstić information content (AvgIpc) is 3.10. The van der Waals surface area contributed by atoms with Gasteiger partial charge in [-0.1, -0.05) is 18.7 Å². The second-order valence-corrected chi connectivity index (χ2v) is 7.42. The summed E-state index contributed by atoms with van der Waals surface area (Å²) in [6.07, 6.45) is 2.83. The molecule has 1 aromatic heterocycles. The third-order valence-electron chi connectivity index (χ3n) is 4.01. The molecule has 0 unspecified atom stereocenters. The van der Waals surface area contributed by atoms with Crippen LogP contribution in [0, 0.1) is 11.3 Å². The number of benzene rings is 1. The van der Waals surface area contributed by atoms with Gasteiger partial charge in [0.2, 0.25) is 0 Å². The third-order valence-corrected chi connectivity index (χ3v) is 5.14. The Labute approximate surface area is 193 Å². The van der Waals surface area contributed by atoms with Gasteiger partial charge in [-0.2, -0.15) is 5.26 Å². The Kier molecular flexibility index (Phi) is 9.14. The Balaban J connectivity index is 2.33. The molecule has 1 amide bonds. The molecule has 2 aromatic rings. The largest absolute Gasteiger partial charge is 0.457 e. The fraction of sp³-hybridized carbons (Fsp3) is 0.227. The number of nitrogens with zero attached hydrogens (tertiary/aromatic N) is 2. The maximum Gasteiger partial charge on any atom is 0.352 e. The van der Waals surface area contributed by atoms with Gasteiger partial charge >= 0.3 is 11.9 Å². The molecule has 0 bridgehead atoms. The van der Waals surface area contributed by atoms with Crippen LogP contribution >= 0.6 is 11.3 Å². The maximum atomic E-state index is 12.8. The lowest BCUT2D eigenvalue weighted by molar-refractivity contribution is -0.145. The topological polar surface area (TPSA) is 140 Å². The molecule has 0 aliphatic rings. The van der Waals surface area contributed by atoms with Gasteiger partial charge < -0.3 is 20.1 Å². The Morgan fingerprint density at radius 2 is 2.00 bits per heavy atom. The highest BCUT2D eigenvalue weighted by atomic mass is 32.1. The predicted octanol–water partition coefficient (Wildman–Crippen LogP) is 0.685. The molecule has 2 rings (SSSR count). The molecule has 0 atom stereocenters. The maximum absolute atomic E-state index is 12.8. The van der Waals surface area contributed by atoms with Crippen LogP contribution in [0.25, 0.3) is 11.8 Å². The first-order valence-corrected chi connectivity index (χ1v) is 10.5. The molecule has 1 aromatic carbocycles. The number of aromatic nitrogens is 1. The number of hydrogen-bond donors (Lipinski definition) is 2. The Bertz CT molecular complexity index is 1290. The molecule has 0 spiro atoms. The van der Waals surface area contributed by atoms with Crippen LogP contribution in [0.2, 0.25) is 0 Å². The van der Waals surface area contributed by atoms with E-state index in [-0.39, 0.29) is 33.5 Å². The van der Waals surface area contributed by atoms with Gasteiger partial charge in [0.05, 0.1) is 0 Å². The second kappa shape index (κ2) is 12.0. The van der Waals surface area contributed by atoms with Gasteiger partial charge in [-0.15, -0.1) is 11.3 Å². The van der Waals surface area contributed by atoms with Crippen LogP contribution in [0.3, 0.4) is 0 Å². The highest BCUT2D eigenvalue weighted by Gasteiger charge is 2.16. The molecule has 10 nitrogen and oxygen atoms in total. The smallest absolute Gasteiger partial charge is 0.352 e. The monoisotopic (exact) mass is 470 g/mol. The number of carbonyl (C=O) groups excluding carboxylic acids is 3. The zero-order chi connectivity index (χ0) is 24.4. The van der Waals surface area contributed by atoms with Gasteiger partial charge in [0.25, 0.3) is 11.5 Å². The van der Waals surface area contributed by atoms with E-state index in [1.165, 1.54) is 23.8 Å². The summed E-state index contributed by atoms with van der Waals surface area (Å²) < 4.78 is 11.4. The highest BCUT2D eigenvalue weighted by molar-refractivity contribution is 7.07. The number of amides is 1. The molecule has 11 heteroatoms. The number of carbonyl (C=O) groups is 3. The summed E-state index contributed by atoms with van der Waals surface area (Å²) in [4.78, 5) is 47.5. The standard InChI is InChI=1S/C22H22N4O6S/c1-4-9-31-22(30)17(11-23)21-26(5-2)20(29)18(33-21)12-24-15-7-6-8-16(10-15)25-19(28)13-32-14(3)27/h4,6-8,10,12,24H,1,5,9,13H2,2-3H3,(H,25,28)/b18-12+,21-17-. The highest BCUT2D eigenvalue weighted by Crippen LogP contribution is 2.15. The van der Waals surface area contributed by atoms with Crippen molar-refractivity contribution < 1.29 is 23.9 Å².